The van der Waals surface area contributed by atoms with E-state index >= 15 is 0 Å². The van der Waals surface area contributed by atoms with Crippen LogP contribution in [0.25, 0.3) is 11.1 Å². The van der Waals surface area contributed by atoms with Gasteiger partial charge in [-0.25, -0.2) is 4.98 Å². The van der Waals surface area contributed by atoms with Crippen LogP contribution >= 0.6 is 34.8 Å². The first kappa shape index (κ1) is 15.0. The number of aliphatic carboxylic acids is 1. The molecule has 1 N–H and O–H groups in total. The van der Waals surface area contributed by atoms with Gasteiger partial charge in [0.1, 0.15) is 0 Å². The molecular weight excluding hydrogens is 328 g/mol. The second kappa shape index (κ2) is 5.95. The molecule has 0 saturated heterocycles. The lowest BCUT2D eigenvalue weighted by Gasteiger charge is -2.09. The molecule has 1 heterocycles. The van der Waals surface area contributed by atoms with E-state index in [2.05, 4.69) is 4.98 Å². The second-order valence-corrected chi connectivity index (χ2v) is 5.10. The Hall–Kier alpha value is -1.36. The van der Waals surface area contributed by atoms with Crippen molar-refractivity contribution in [1.29, 1.82) is 0 Å². The number of benzene rings is 1. The molecule has 0 aliphatic carbocycles. The average Bonchev–Trinajstić information content (AvgIpc) is 2.37. The summed E-state index contributed by atoms with van der Waals surface area (Å²) in [5, 5.41) is 9.14. The van der Waals surface area contributed by atoms with Crippen molar-refractivity contribution >= 4 is 40.8 Å². The maximum Gasteiger partial charge on any atom is 0.309 e. The Balaban J connectivity index is 2.49. The zero-order valence-corrected chi connectivity index (χ0v) is 12.1. The molecule has 3 nitrogen and oxygen atoms in total. The smallest absolute Gasteiger partial charge is 0.309 e. The van der Waals surface area contributed by atoms with E-state index in [1.165, 1.54) is 24.3 Å². The molecular formula is C13H7Cl3FNO2. The Morgan fingerprint density at radius 1 is 1.10 bits per heavy atom. The number of hydrogen-bond donors (Lipinski definition) is 1. The summed E-state index contributed by atoms with van der Waals surface area (Å²) in [6.07, 6.45) is -0.355. The number of rotatable bonds is 3. The zero-order valence-electron chi connectivity index (χ0n) is 9.83. The third-order valence-corrected chi connectivity index (χ3v) is 3.86. The van der Waals surface area contributed by atoms with Crippen LogP contribution in [0.3, 0.4) is 0 Å². The predicted molar refractivity (Wildman–Crippen MR) is 76.0 cm³/mol. The summed E-state index contributed by atoms with van der Waals surface area (Å²) in [6, 6.07) is 5.85. The van der Waals surface area contributed by atoms with E-state index in [1.807, 2.05) is 0 Å². The molecule has 0 aliphatic heterocycles. The van der Waals surface area contributed by atoms with Crippen LogP contribution in [0, 0.1) is 5.95 Å². The highest BCUT2D eigenvalue weighted by Crippen LogP contribution is 2.38. The molecule has 104 valence electrons. The Labute approximate surface area is 128 Å². The van der Waals surface area contributed by atoms with Crippen LogP contribution in [0.5, 0.6) is 0 Å². The number of carboxylic acids is 1. The van der Waals surface area contributed by atoms with Crippen molar-refractivity contribution in [2.75, 3.05) is 0 Å². The minimum atomic E-state index is -1.09. The highest BCUT2D eigenvalue weighted by molar-refractivity contribution is 6.49. The first-order valence-corrected chi connectivity index (χ1v) is 6.54. The number of aromatic nitrogens is 1. The van der Waals surface area contributed by atoms with E-state index in [-0.39, 0.29) is 32.7 Å². The van der Waals surface area contributed by atoms with Gasteiger partial charge in [-0.15, -0.1) is 0 Å². The van der Waals surface area contributed by atoms with E-state index in [4.69, 9.17) is 39.9 Å². The molecule has 2 rings (SSSR count). The van der Waals surface area contributed by atoms with Crippen molar-refractivity contribution in [3.8, 4) is 11.1 Å². The third kappa shape index (κ3) is 3.03. The lowest BCUT2D eigenvalue weighted by molar-refractivity contribution is -0.136. The van der Waals surface area contributed by atoms with Gasteiger partial charge in [-0.3, -0.25) is 4.79 Å². The Kier molecular flexibility index (Phi) is 4.48. The van der Waals surface area contributed by atoms with Gasteiger partial charge >= 0.3 is 5.97 Å². The quantitative estimate of drug-likeness (QED) is 0.665. The maximum atomic E-state index is 14.0. The van der Waals surface area contributed by atoms with Crippen LogP contribution in [0.2, 0.25) is 15.1 Å². The van der Waals surface area contributed by atoms with Crippen molar-refractivity contribution in [3.63, 3.8) is 0 Å². The molecule has 0 aliphatic rings. The summed E-state index contributed by atoms with van der Waals surface area (Å²) < 4.78 is 14.0. The Bertz CT molecular complexity index is 692. The molecule has 2 aromatic rings. The summed E-state index contributed by atoms with van der Waals surface area (Å²) in [7, 11) is 0. The van der Waals surface area contributed by atoms with Gasteiger partial charge in [-0.1, -0.05) is 40.9 Å². The van der Waals surface area contributed by atoms with Gasteiger partial charge in [0.15, 0.2) is 0 Å². The summed E-state index contributed by atoms with van der Waals surface area (Å²) >= 11 is 17.7. The van der Waals surface area contributed by atoms with Crippen molar-refractivity contribution in [2.24, 2.45) is 0 Å². The highest BCUT2D eigenvalue weighted by atomic mass is 35.5. The fourth-order valence-electron chi connectivity index (χ4n) is 1.66. The molecule has 1 aromatic carbocycles. The fraction of sp³-hybridized carbons (Fsp3) is 0.0769. The van der Waals surface area contributed by atoms with Gasteiger partial charge in [0, 0.05) is 11.1 Å². The minimum Gasteiger partial charge on any atom is -0.481 e. The van der Waals surface area contributed by atoms with Crippen LogP contribution in [-0.2, 0) is 11.2 Å². The molecule has 0 atom stereocenters. The molecule has 0 spiro atoms. The summed E-state index contributed by atoms with van der Waals surface area (Å²) in [5.74, 6) is -1.90. The predicted octanol–water partition coefficient (Wildman–Crippen LogP) is 4.48. The average molecular weight is 335 g/mol. The number of pyridine rings is 1. The van der Waals surface area contributed by atoms with Crippen molar-refractivity contribution in [3.05, 3.63) is 51.0 Å². The number of halogens is 4. The summed E-state index contributed by atoms with van der Waals surface area (Å²) in [6.45, 7) is 0. The zero-order chi connectivity index (χ0) is 14.9. The molecule has 0 radical (unpaired) electrons. The monoisotopic (exact) mass is 333 g/mol. The molecule has 1 aromatic heterocycles. The first-order valence-electron chi connectivity index (χ1n) is 5.41. The van der Waals surface area contributed by atoms with Gasteiger partial charge in [0.2, 0.25) is 5.95 Å². The van der Waals surface area contributed by atoms with E-state index in [1.54, 1.807) is 0 Å². The summed E-state index contributed by atoms with van der Waals surface area (Å²) in [5.41, 5.74) is 0.589. The second-order valence-electron chi connectivity index (χ2n) is 3.93. The molecule has 0 unspecified atom stereocenters. The standard InChI is InChI=1S/C13H7Cl3FNO2/c14-9-4-3-7(11(15)12(9)16)8-2-1-6(5-10(19)20)18-13(8)17/h1-4H,5H2,(H,19,20). The molecule has 7 heteroatoms. The first-order chi connectivity index (χ1) is 9.40. The maximum absolute atomic E-state index is 14.0. The van der Waals surface area contributed by atoms with Crippen molar-refractivity contribution in [2.45, 2.75) is 6.42 Å². The van der Waals surface area contributed by atoms with Crippen molar-refractivity contribution in [1.82, 2.24) is 4.98 Å². The van der Waals surface area contributed by atoms with E-state index in [0.29, 0.717) is 5.56 Å². The molecule has 0 amide bonds. The summed E-state index contributed by atoms with van der Waals surface area (Å²) in [4.78, 5) is 14.2. The highest BCUT2D eigenvalue weighted by Gasteiger charge is 2.15. The number of carboxylic acid groups (broad SMARTS) is 1. The molecule has 20 heavy (non-hydrogen) atoms. The van der Waals surface area contributed by atoms with Crippen LogP contribution in [0.15, 0.2) is 24.3 Å². The van der Waals surface area contributed by atoms with Gasteiger partial charge in [-0.2, -0.15) is 4.39 Å². The van der Waals surface area contributed by atoms with E-state index in [9.17, 15) is 9.18 Å². The third-order valence-electron chi connectivity index (χ3n) is 2.56. The lowest BCUT2D eigenvalue weighted by atomic mass is 10.1. The molecule has 0 saturated carbocycles. The van der Waals surface area contributed by atoms with Crippen molar-refractivity contribution < 1.29 is 14.3 Å². The Morgan fingerprint density at radius 3 is 2.35 bits per heavy atom. The number of carbonyl (C=O) groups is 1. The normalized spacial score (nSPS) is 10.6. The lowest BCUT2D eigenvalue weighted by Crippen LogP contribution is -2.04. The van der Waals surface area contributed by atoms with E-state index < -0.39 is 11.9 Å². The molecule has 0 fully saturated rings. The van der Waals surface area contributed by atoms with Gasteiger partial charge in [0.05, 0.1) is 27.2 Å². The van der Waals surface area contributed by atoms with Crippen LogP contribution in [0.1, 0.15) is 5.69 Å². The Morgan fingerprint density at radius 2 is 1.75 bits per heavy atom. The van der Waals surface area contributed by atoms with Crippen LogP contribution in [-0.4, -0.2) is 16.1 Å². The van der Waals surface area contributed by atoms with E-state index in [0.717, 1.165) is 0 Å². The van der Waals surface area contributed by atoms with Gasteiger partial charge in [-0.05, 0) is 18.2 Å². The number of hydrogen-bond acceptors (Lipinski definition) is 2. The van der Waals surface area contributed by atoms with Gasteiger partial charge in [0.25, 0.3) is 0 Å². The van der Waals surface area contributed by atoms with Gasteiger partial charge < -0.3 is 5.11 Å². The topological polar surface area (TPSA) is 50.2 Å². The van der Waals surface area contributed by atoms with Crippen LogP contribution in [0.4, 0.5) is 4.39 Å². The SMILES string of the molecule is O=C(O)Cc1ccc(-c2ccc(Cl)c(Cl)c2Cl)c(F)n1. The fourth-order valence-corrected chi connectivity index (χ4v) is 2.30. The van der Waals surface area contributed by atoms with Crippen LogP contribution < -0.4 is 0 Å². The molecule has 0 bridgehead atoms. The largest absolute Gasteiger partial charge is 0.481 e. The number of nitrogens with zero attached hydrogens (tertiary/aromatic N) is 1. The minimum absolute atomic E-state index is 0.117.